The molecule has 0 aliphatic heterocycles. The van der Waals surface area contributed by atoms with E-state index in [9.17, 15) is 8.42 Å². The van der Waals surface area contributed by atoms with Gasteiger partial charge in [0, 0.05) is 26.4 Å². The minimum Gasteiger partial charge on any atom is -0.352 e. The summed E-state index contributed by atoms with van der Waals surface area (Å²) in [5.74, 6) is 0.793. The highest BCUT2D eigenvalue weighted by molar-refractivity contribution is 14.0. The van der Waals surface area contributed by atoms with Gasteiger partial charge in [-0.25, -0.2) is 8.42 Å². The van der Waals surface area contributed by atoms with Gasteiger partial charge >= 0.3 is 0 Å². The summed E-state index contributed by atoms with van der Waals surface area (Å²) in [6.07, 6.45) is 1.24. The van der Waals surface area contributed by atoms with Crippen LogP contribution in [-0.4, -0.2) is 27.7 Å². The first-order valence-corrected chi connectivity index (χ1v) is 10.2. The fourth-order valence-corrected chi connectivity index (χ4v) is 3.15. The molecule has 0 spiro atoms. The van der Waals surface area contributed by atoms with Crippen molar-refractivity contribution in [1.82, 2.24) is 10.6 Å². The minimum atomic E-state index is -3.00. The Hall–Kier alpha value is -1.61. The molecule has 26 heavy (non-hydrogen) atoms. The van der Waals surface area contributed by atoms with E-state index >= 15 is 0 Å². The van der Waals surface area contributed by atoms with Crippen LogP contribution < -0.4 is 10.6 Å². The molecule has 0 saturated carbocycles. The Balaban J connectivity index is 0.00000338. The summed E-state index contributed by atoms with van der Waals surface area (Å²) in [7, 11) is -1.27. The molecule has 0 heterocycles. The molecule has 2 rings (SSSR count). The molecule has 142 valence electrons. The number of sulfone groups is 1. The Bertz CT molecular complexity index is 817. The van der Waals surface area contributed by atoms with Crippen molar-refractivity contribution < 1.29 is 8.42 Å². The molecule has 2 N–H and O–H groups in total. The molecule has 0 saturated heterocycles. The van der Waals surface area contributed by atoms with Gasteiger partial charge in [-0.1, -0.05) is 54.1 Å². The Morgan fingerprint density at radius 1 is 0.885 bits per heavy atom. The third-order valence-electron chi connectivity index (χ3n) is 3.72. The van der Waals surface area contributed by atoms with Gasteiger partial charge in [0.1, 0.15) is 0 Å². The molecule has 0 unspecified atom stereocenters. The molecule has 0 radical (unpaired) electrons. The van der Waals surface area contributed by atoms with E-state index in [4.69, 9.17) is 0 Å². The van der Waals surface area contributed by atoms with Crippen LogP contribution in [0, 0.1) is 6.92 Å². The highest BCUT2D eigenvalue weighted by atomic mass is 127. The van der Waals surface area contributed by atoms with Crippen LogP contribution in [0.3, 0.4) is 0 Å². The molecule has 0 amide bonds. The lowest BCUT2D eigenvalue weighted by Crippen LogP contribution is -2.36. The smallest absolute Gasteiger partial charge is 0.191 e. The van der Waals surface area contributed by atoms with Gasteiger partial charge in [0.05, 0.1) is 5.75 Å². The SMILES string of the molecule is CN=C(NCc1ccc(C)cc1)NCc1ccc(CS(C)(=O)=O)cc1.I. The van der Waals surface area contributed by atoms with Crippen LogP contribution in [0.1, 0.15) is 22.3 Å². The van der Waals surface area contributed by atoms with E-state index < -0.39 is 9.84 Å². The molecule has 7 heteroatoms. The molecule has 2 aromatic carbocycles. The molecule has 0 atom stereocenters. The first kappa shape index (κ1) is 22.4. The Labute approximate surface area is 173 Å². The first-order chi connectivity index (χ1) is 11.9. The Morgan fingerprint density at radius 2 is 1.31 bits per heavy atom. The molecule has 0 bridgehead atoms. The normalized spacial score (nSPS) is 11.6. The summed E-state index contributed by atoms with van der Waals surface area (Å²) in [5.41, 5.74) is 4.30. The zero-order chi connectivity index (χ0) is 18.3. The maximum atomic E-state index is 11.3. The second-order valence-electron chi connectivity index (χ2n) is 6.15. The van der Waals surface area contributed by atoms with Gasteiger partial charge in [0.15, 0.2) is 15.8 Å². The number of hydrogen-bond donors (Lipinski definition) is 2. The van der Waals surface area contributed by atoms with Gasteiger partial charge in [-0.15, -0.1) is 24.0 Å². The lowest BCUT2D eigenvalue weighted by molar-refractivity contribution is 0.601. The quantitative estimate of drug-likeness (QED) is 0.374. The van der Waals surface area contributed by atoms with Crippen molar-refractivity contribution in [3.63, 3.8) is 0 Å². The van der Waals surface area contributed by atoms with Crippen LogP contribution in [0.2, 0.25) is 0 Å². The van der Waals surface area contributed by atoms with E-state index in [-0.39, 0.29) is 29.7 Å². The van der Waals surface area contributed by atoms with Crippen molar-refractivity contribution in [1.29, 1.82) is 0 Å². The van der Waals surface area contributed by atoms with Crippen molar-refractivity contribution in [3.8, 4) is 0 Å². The van der Waals surface area contributed by atoms with Gasteiger partial charge in [0.25, 0.3) is 0 Å². The summed E-state index contributed by atoms with van der Waals surface area (Å²) in [5, 5.41) is 6.53. The Morgan fingerprint density at radius 3 is 1.73 bits per heavy atom. The second kappa shape index (κ2) is 10.5. The first-order valence-electron chi connectivity index (χ1n) is 8.11. The molecule has 2 aromatic rings. The number of aryl methyl sites for hydroxylation is 1. The summed E-state index contributed by atoms with van der Waals surface area (Å²) in [4.78, 5) is 4.22. The predicted molar refractivity (Wildman–Crippen MR) is 119 cm³/mol. The predicted octanol–water partition coefficient (Wildman–Crippen LogP) is 3.02. The number of aliphatic imine (C=N–C) groups is 1. The molecule has 0 aliphatic carbocycles. The lowest BCUT2D eigenvalue weighted by atomic mass is 10.1. The van der Waals surface area contributed by atoms with Crippen molar-refractivity contribution in [3.05, 3.63) is 70.8 Å². The third-order valence-corrected chi connectivity index (χ3v) is 4.57. The zero-order valence-electron chi connectivity index (χ0n) is 15.3. The number of guanidine groups is 1. The van der Waals surface area contributed by atoms with Crippen molar-refractivity contribution in [2.75, 3.05) is 13.3 Å². The fraction of sp³-hybridized carbons (Fsp3) is 0.316. The maximum absolute atomic E-state index is 11.3. The second-order valence-corrected chi connectivity index (χ2v) is 8.29. The van der Waals surface area contributed by atoms with Crippen LogP contribution in [0.4, 0.5) is 0 Å². The van der Waals surface area contributed by atoms with Crippen LogP contribution in [0.25, 0.3) is 0 Å². The molecule has 0 fully saturated rings. The molecular weight excluding hydrogens is 461 g/mol. The number of nitrogens with zero attached hydrogens (tertiary/aromatic N) is 1. The third kappa shape index (κ3) is 8.18. The maximum Gasteiger partial charge on any atom is 0.191 e. The average molecular weight is 487 g/mol. The van der Waals surface area contributed by atoms with E-state index in [1.54, 1.807) is 7.05 Å². The minimum absolute atomic E-state index is 0. The molecular formula is C19H26IN3O2S. The number of rotatable bonds is 6. The van der Waals surface area contributed by atoms with Crippen LogP contribution >= 0.6 is 24.0 Å². The van der Waals surface area contributed by atoms with Gasteiger partial charge in [-0.05, 0) is 23.6 Å². The van der Waals surface area contributed by atoms with Crippen molar-refractivity contribution >= 4 is 39.8 Å². The Kier molecular flexibility index (Phi) is 9.07. The topological polar surface area (TPSA) is 70.6 Å². The lowest BCUT2D eigenvalue weighted by Gasteiger charge is -2.12. The molecule has 0 aromatic heterocycles. The number of benzene rings is 2. The van der Waals surface area contributed by atoms with Gasteiger partial charge < -0.3 is 10.6 Å². The molecule has 5 nitrogen and oxygen atoms in total. The van der Waals surface area contributed by atoms with E-state index in [1.165, 1.54) is 17.4 Å². The number of halogens is 1. The summed E-state index contributed by atoms with van der Waals surface area (Å²) < 4.78 is 22.6. The van der Waals surface area contributed by atoms with Gasteiger partial charge in [-0.2, -0.15) is 0 Å². The standard InChI is InChI=1S/C19H25N3O2S.HI/c1-15-4-6-16(7-5-15)12-21-19(20-2)22-13-17-8-10-18(11-9-17)14-25(3,23)24;/h4-11H,12-14H2,1-3H3,(H2,20,21,22);1H. The van der Waals surface area contributed by atoms with E-state index in [2.05, 4.69) is 46.8 Å². The largest absolute Gasteiger partial charge is 0.352 e. The van der Waals surface area contributed by atoms with Crippen LogP contribution in [-0.2, 0) is 28.7 Å². The van der Waals surface area contributed by atoms with E-state index in [1.807, 2.05) is 24.3 Å². The van der Waals surface area contributed by atoms with Crippen molar-refractivity contribution in [2.45, 2.75) is 25.8 Å². The average Bonchev–Trinajstić information content (AvgIpc) is 2.56. The summed E-state index contributed by atoms with van der Waals surface area (Å²) in [6, 6.07) is 15.9. The summed E-state index contributed by atoms with van der Waals surface area (Å²) in [6.45, 7) is 3.39. The monoisotopic (exact) mass is 487 g/mol. The zero-order valence-corrected chi connectivity index (χ0v) is 18.5. The van der Waals surface area contributed by atoms with E-state index in [0.29, 0.717) is 13.1 Å². The highest BCUT2D eigenvalue weighted by Gasteiger charge is 2.04. The van der Waals surface area contributed by atoms with Crippen LogP contribution in [0.5, 0.6) is 0 Å². The summed E-state index contributed by atoms with van der Waals surface area (Å²) >= 11 is 0. The van der Waals surface area contributed by atoms with Crippen LogP contribution in [0.15, 0.2) is 53.5 Å². The van der Waals surface area contributed by atoms with E-state index in [0.717, 1.165) is 17.1 Å². The highest BCUT2D eigenvalue weighted by Crippen LogP contribution is 2.08. The number of hydrogen-bond acceptors (Lipinski definition) is 3. The number of nitrogens with one attached hydrogen (secondary N) is 2. The molecule has 0 aliphatic rings. The van der Waals surface area contributed by atoms with Gasteiger partial charge in [-0.3, -0.25) is 4.99 Å². The van der Waals surface area contributed by atoms with Crippen molar-refractivity contribution in [2.24, 2.45) is 4.99 Å². The fourth-order valence-electron chi connectivity index (χ4n) is 2.35. The van der Waals surface area contributed by atoms with Gasteiger partial charge in [0.2, 0.25) is 0 Å².